The van der Waals surface area contributed by atoms with Gasteiger partial charge in [0.1, 0.15) is 0 Å². The second-order valence-electron chi connectivity index (χ2n) is 7.71. The first-order valence-electron chi connectivity index (χ1n) is 10.2. The van der Waals surface area contributed by atoms with Crippen LogP contribution >= 0.6 is 11.3 Å². The van der Waals surface area contributed by atoms with Crippen LogP contribution in [0.3, 0.4) is 0 Å². The lowest BCUT2D eigenvalue weighted by Gasteiger charge is -2.39. The number of nitrogens with one attached hydrogen (secondary N) is 1. The van der Waals surface area contributed by atoms with Gasteiger partial charge in [-0.05, 0) is 53.4 Å². The molecule has 10 heteroatoms. The summed E-state index contributed by atoms with van der Waals surface area (Å²) in [6.07, 6.45) is -4.48. The summed E-state index contributed by atoms with van der Waals surface area (Å²) in [5.74, 6) is -0.896. The van der Waals surface area contributed by atoms with E-state index in [1.165, 1.54) is 48.7 Å². The molecule has 1 aliphatic heterocycles. The molecule has 0 spiro atoms. The number of halogens is 3. The molecule has 178 valence electrons. The van der Waals surface area contributed by atoms with E-state index in [1.807, 2.05) is 17.5 Å². The van der Waals surface area contributed by atoms with Gasteiger partial charge in [-0.15, -0.1) is 11.3 Å². The van der Waals surface area contributed by atoms with Crippen LogP contribution in [-0.2, 0) is 11.0 Å². The number of hydrogen-bond donors (Lipinski definition) is 1. The van der Waals surface area contributed by atoms with Crippen LogP contribution in [0.25, 0.3) is 0 Å². The Morgan fingerprint density at radius 2 is 1.71 bits per heavy atom. The molecule has 34 heavy (non-hydrogen) atoms. The van der Waals surface area contributed by atoms with Gasteiger partial charge in [-0.3, -0.25) is 9.59 Å². The van der Waals surface area contributed by atoms with Gasteiger partial charge in [0.25, 0.3) is 5.91 Å². The summed E-state index contributed by atoms with van der Waals surface area (Å²) in [6, 6.07) is 10.4. The Morgan fingerprint density at radius 1 is 1.06 bits per heavy atom. The van der Waals surface area contributed by atoms with E-state index in [9.17, 15) is 22.8 Å². The van der Waals surface area contributed by atoms with Crippen molar-refractivity contribution in [2.45, 2.75) is 18.1 Å². The Morgan fingerprint density at radius 3 is 2.26 bits per heavy atom. The summed E-state index contributed by atoms with van der Waals surface area (Å²) >= 11 is 1.40. The van der Waals surface area contributed by atoms with Crippen LogP contribution in [0.4, 0.5) is 18.9 Å². The van der Waals surface area contributed by atoms with Gasteiger partial charge < -0.3 is 19.7 Å². The highest BCUT2D eigenvalue weighted by Crippen LogP contribution is 2.47. The van der Waals surface area contributed by atoms with Crippen LogP contribution in [0, 0.1) is 0 Å². The summed E-state index contributed by atoms with van der Waals surface area (Å²) in [6.45, 7) is 0. The second-order valence-corrected chi connectivity index (χ2v) is 8.69. The predicted molar refractivity (Wildman–Crippen MR) is 122 cm³/mol. The van der Waals surface area contributed by atoms with Crippen molar-refractivity contribution in [1.82, 2.24) is 4.90 Å². The number of rotatable bonds is 5. The number of likely N-dealkylation sites (N-methyl/N-ethyl adjacent to an activating group) is 1. The molecular formula is C24H21F3N2O4S. The molecule has 2 heterocycles. The van der Waals surface area contributed by atoms with E-state index in [0.29, 0.717) is 22.6 Å². The number of methoxy groups -OCH3 is 2. The monoisotopic (exact) mass is 490 g/mol. The molecule has 0 saturated carbocycles. The molecule has 0 aliphatic carbocycles. The molecule has 1 N–H and O–H groups in total. The summed E-state index contributed by atoms with van der Waals surface area (Å²) in [7, 11) is 4.52. The smallest absolute Gasteiger partial charge is 0.416 e. The van der Waals surface area contributed by atoms with Crippen molar-refractivity contribution in [1.29, 1.82) is 0 Å². The lowest BCUT2D eigenvalue weighted by molar-refractivity contribution is -0.137. The number of fused-ring (bicyclic) bond motifs is 1. The third-order valence-corrected chi connectivity index (χ3v) is 6.71. The van der Waals surface area contributed by atoms with Crippen molar-refractivity contribution in [3.63, 3.8) is 0 Å². The van der Waals surface area contributed by atoms with Crippen LogP contribution < -0.4 is 14.8 Å². The second kappa shape index (κ2) is 9.02. The fourth-order valence-electron chi connectivity index (χ4n) is 4.11. The van der Waals surface area contributed by atoms with Crippen molar-refractivity contribution >= 4 is 28.8 Å². The Labute approximate surface area is 197 Å². The van der Waals surface area contributed by atoms with Crippen LogP contribution in [0.15, 0.2) is 53.9 Å². The van der Waals surface area contributed by atoms with E-state index >= 15 is 0 Å². The van der Waals surface area contributed by atoms with Gasteiger partial charge in [0, 0.05) is 23.2 Å². The molecule has 0 bridgehead atoms. The maximum Gasteiger partial charge on any atom is 0.416 e. The van der Waals surface area contributed by atoms with Crippen molar-refractivity contribution < 1.29 is 32.2 Å². The highest BCUT2D eigenvalue weighted by atomic mass is 32.1. The molecule has 2 amide bonds. The third-order valence-electron chi connectivity index (χ3n) is 5.77. The SMILES string of the molecule is COc1cc2c(cc1OC)[C@H](C(=O)Nc1ccc(C(F)(F)F)cc1)[C@@H](c1cccs1)N(C)C2=O. The van der Waals surface area contributed by atoms with Gasteiger partial charge in [0.05, 0.1) is 31.7 Å². The number of thiophene rings is 1. The Kier molecular flexibility index (Phi) is 6.26. The molecule has 2 aromatic carbocycles. The molecule has 0 radical (unpaired) electrons. The lowest BCUT2D eigenvalue weighted by Crippen LogP contribution is -2.43. The zero-order valence-corrected chi connectivity index (χ0v) is 19.3. The van der Waals surface area contributed by atoms with E-state index in [0.717, 1.165) is 17.0 Å². The quantitative estimate of drug-likeness (QED) is 0.525. The molecule has 0 saturated heterocycles. The Balaban J connectivity index is 1.79. The van der Waals surface area contributed by atoms with Crippen molar-refractivity contribution in [3.05, 3.63) is 75.5 Å². The van der Waals surface area contributed by atoms with Gasteiger partial charge in [-0.2, -0.15) is 13.2 Å². The van der Waals surface area contributed by atoms with Crippen LogP contribution in [-0.4, -0.2) is 38.0 Å². The molecule has 2 atom stereocenters. The van der Waals surface area contributed by atoms with Crippen LogP contribution in [0.5, 0.6) is 11.5 Å². The maximum absolute atomic E-state index is 13.6. The first-order valence-corrected chi connectivity index (χ1v) is 11.1. The topological polar surface area (TPSA) is 67.9 Å². The fraction of sp³-hybridized carbons (Fsp3) is 0.250. The van der Waals surface area contributed by atoms with Gasteiger partial charge in [0.2, 0.25) is 5.91 Å². The van der Waals surface area contributed by atoms with Crippen molar-refractivity contribution in [2.24, 2.45) is 0 Å². The summed E-state index contributed by atoms with van der Waals surface area (Å²) in [5, 5.41) is 4.56. The zero-order valence-electron chi connectivity index (χ0n) is 18.5. The minimum absolute atomic E-state index is 0.213. The molecular weight excluding hydrogens is 469 g/mol. The van der Waals surface area contributed by atoms with Gasteiger partial charge >= 0.3 is 6.18 Å². The largest absolute Gasteiger partial charge is 0.493 e. The normalized spacial score (nSPS) is 17.8. The van der Waals surface area contributed by atoms with Crippen molar-refractivity contribution in [2.75, 3.05) is 26.6 Å². The zero-order chi connectivity index (χ0) is 24.6. The molecule has 1 aromatic heterocycles. The number of carbonyl (C=O) groups is 2. The third kappa shape index (κ3) is 4.21. The average Bonchev–Trinajstić information content (AvgIpc) is 3.34. The van der Waals surface area contributed by atoms with Crippen LogP contribution in [0.2, 0.25) is 0 Å². The fourth-order valence-corrected chi connectivity index (χ4v) is 5.01. The average molecular weight is 491 g/mol. The number of ether oxygens (including phenoxy) is 2. The number of alkyl halides is 3. The van der Waals surface area contributed by atoms with Crippen LogP contribution in [0.1, 0.15) is 38.3 Å². The van der Waals surface area contributed by atoms with E-state index < -0.39 is 29.6 Å². The number of nitrogens with zero attached hydrogens (tertiary/aromatic N) is 1. The minimum Gasteiger partial charge on any atom is -0.493 e. The van der Waals surface area contributed by atoms with Gasteiger partial charge in [-0.1, -0.05) is 6.07 Å². The number of carbonyl (C=O) groups excluding carboxylic acids is 2. The summed E-state index contributed by atoms with van der Waals surface area (Å²) in [5.41, 5.74) is 0.140. The molecule has 0 fully saturated rings. The number of amides is 2. The van der Waals surface area contributed by atoms with Gasteiger partial charge in [-0.25, -0.2) is 0 Å². The highest BCUT2D eigenvalue weighted by molar-refractivity contribution is 7.10. The van der Waals surface area contributed by atoms with Gasteiger partial charge in [0.15, 0.2) is 11.5 Å². The summed E-state index contributed by atoms with van der Waals surface area (Å²) in [4.78, 5) is 29.1. The number of anilines is 1. The number of hydrogen-bond acceptors (Lipinski definition) is 5. The Bertz CT molecular complexity index is 1210. The first kappa shape index (κ1) is 23.6. The van der Waals surface area contributed by atoms with E-state index in [4.69, 9.17) is 9.47 Å². The summed E-state index contributed by atoms with van der Waals surface area (Å²) < 4.78 is 49.5. The Hall–Kier alpha value is -3.53. The van der Waals surface area contributed by atoms with E-state index in [1.54, 1.807) is 13.1 Å². The predicted octanol–water partition coefficient (Wildman–Crippen LogP) is 5.33. The number of benzene rings is 2. The van der Waals surface area contributed by atoms with E-state index in [2.05, 4.69) is 5.32 Å². The highest BCUT2D eigenvalue weighted by Gasteiger charge is 2.44. The first-order chi connectivity index (χ1) is 16.2. The van der Waals surface area contributed by atoms with E-state index in [-0.39, 0.29) is 11.6 Å². The standard InChI is InChI=1S/C24H21F3N2O4S/c1-29-21(19-5-4-10-34-19)20(15-11-17(32-2)18(33-3)12-16(15)23(29)31)22(30)28-14-8-6-13(7-9-14)24(25,26)27/h4-12,20-21H,1-3H3,(H,28,30)/t20-,21+/m0/s1. The van der Waals surface area contributed by atoms with Crippen molar-refractivity contribution in [3.8, 4) is 11.5 Å². The molecule has 6 nitrogen and oxygen atoms in total. The molecule has 1 aliphatic rings. The molecule has 4 rings (SSSR count). The minimum atomic E-state index is -4.48. The lowest BCUT2D eigenvalue weighted by atomic mass is 9.81. The molecule has 3 aromatic rings. The maximum atomic E-state index is 13.6. The molecule has 0 unspecified atom stereocenters.